The minimum atomic E-state index is 0.783. The van der Waals surface area contributed by atoms with Crippen molar-refractivity contribution in [1.29, 1.82) is 0 Å². The van der Waals surface area contributed by atoms with Gasteiger partial charge in [0.2, 0.25) is 0 Å². The van der Waals surface area contributed by atoms with Gasteiger partial charge >= 0.3 is 0 Å². The van der Waals surface area contributed by atoms with Crippen LogP contribution < -0.4 is 19.7 Å². The van der Waals surface area contributed by atoms with Crippen molar-refractivity contribution in [3.63, 3.8) is 0 Å². The first-order valence-corrected chi connectivity index (χ1v) is 6.72. The summed E-state index contributed by atoms with van der Waals surface area (Å²) in [5.74, 6) is 1.57. The first-order chi connectivity index (χ1) is 9.13. The van der Waals surface area contributed by atoms with E-state index in [0.717, 1.165) is 24.6 Å². The molecule has 0 radical (unpaired) electrons. The van der Waals surface area contributed by atoms with Crippen molar-refractivity contribution in [3.05, 3.63) is 17.7 Å². The fourth-order valence-electron chi connectivity index (χ4n) is 2.15. The molecule has 0 fully saturated rings. The van der Waals surface area contributed by atoms with Crippen LogP contribution in [-0.4, -0.2) is 41.4 Å². The molecule has 1 aromatic carbocycles. The highest BCUT2D eigenvalue weighted by Crippen LogP contribution is 2.34. The van der Waals surface area contributed by atoms with Crippen LogP contribution in [0.25, 0.3) is 0 Å². The van der Waals surface area contributed by atoms with Crippen molar-refractivity contribution < 1.29 is 9.47 Å². The van der Waals surface area contributed by atoms with Crippen LogP contribution in [0.4, 0.5) is 5.69 Å². The maximum Gasteiger partial charge on any atom is 0.162 e. The fraction of sp³-hybridized carbons (Fsp3) is 0.600. The van der Waals surface area contributed by atoms with Crippen LogP contribution in [0.1, 0.15) is 18.4 Å². The lowest BCUT2D eigenvalue weighted by Crippen LogP contribution is -2.20. The smallest absolute Gasteiger partial charge is 0.162 e. The highest BCUT2D eigenvalue weighted by atomic mass is 16.5. The molecular formula is C15H26N2O2. The van der Waals surface area contributed by atoms with Crippen LogP contribution in [0.5, 0.6) is 11.5 Å². The summed E-state index contributed by atoms with van der Waals surface area (Å²) in [4.78, 5) is 2.27. The Balaban J connectivity index is 2.76. The first kappa shape index (κ1) is 15.6. The van der Waals surface area contributed by atoms with Crippen molar-refractivity contribution in [3.8, 4) is 11.5 Å². The van der Waals surface area contributed by atoms with Gasteiger partial charge in [-0.15, -0.1) is 0 Å². The molecule has 1 aromatic rings. The van der Waals surface area contributed by atoms with Crippen LogP contribution in [0, 0.1) is 6.92 Å². The number of ether oxygens (including phenoxy) is 2. The van der Waals surface area contributed by atoms with Crippen LogP contribution in [0.2, 0.25) is 0 Å². The predicted octanol–water partition coefficient (Wildman–Crippen LogP) is 2.45. The number of hydrogen-bond acceptors (Lipinski definition) is 4. The normalized spacial score (nSPS) is 10.4. The zero-order chi connectivity index (χ0) is 14.3. The van der Waals surface area contributed by atoms with Gasteiger partial charge in [-0.1, -0.05) is 0 Å². The largest absolute Gasteiger partial charge is 0.493 e. The molecule has 0 unspecified atom stereocenters. The van der Waals surface area contributed by atoms with Gasteiger partial charge in [-0.25, -0.2) is 0 Å². The van der Waals surface area contributed by atoms with Crippen LogP contribution >= 0.6 is 0 Å². The topological polar surface area (TPSA) is 33.7 Å². The van der Waals surface area contributed by atoms with Gasteiger partial charge in [-0.05, 0) is 45.0 Å². The number of rotatable bonds is 8. The van der Waals surface area contributed by atoms with E-state index in [0.29, 0.717) is 0 Å². The number of benzene rings is 1. The van der Waals surface area contributed by atoms with E-state index in [1.807, 2.05) is 19.2 Å². The summed E-state index contributed by atoms with van der Waals surface area (Å²) < 4.78 is 10.7. The van der Waals surface area contributed by atoms with Gasteiger partial charge in [-0.3, -0.25) is 0 Å². The number of aryl methyl sites for hydroxylation is 1. The molecule has 0 spiro atoms. The summed E-state index contributed by atoms with van der Waals surface area (Å²) in [6.45, 7) is 4.21. The average molecular weight is 266 g/mol. The molecule has 0 bridgehead atoms. The van der Waals surface area contributed by atoms with E-state index in [-0.39, 0.29) is 0 Å². The molecule has 4 nitrogen and oxygen atoms in total. The number of hydrogen-bond donors (Lipinski definition) is 1. The van der Waals surface area contributed by atoms with E-state index in [1.54, 1.807) is 14.2 Å². The number of unbranched alkanes of at least 4 members (excludes halogenated alkanes) is 1. The summed E-state index contributed by atoms with van der Waals surface area (Å²) in [5, 5.41) is 3.17. The Morgan fingerprint density at radius 2 is 1.74 bits per heavy atom. The van der Waals surface area contributed by atoms with Crippen LogP contribution in [0.15, 0.2) is 12.1 Å². The third kappa shape index (κ3) is 4.31. The summed E-state index contributed by atoms with van der Waals surface area (Å²) in [6, 6.07) is 4.07. The molecule has 0 aliphatic heterocycles. The molecule has 0 heterocycles. The Hall–Kier alpha value is -1.42. The standard InChI is InChI=1S/C15H26N2O2/c1-12-10-14(18-4)15(19-5)11-13(12)17(3)9-7-6-8-16-2/h10-11,16H,6-9H2,1-5H3. The van der Waals surface area contributed by atoms with Gasteiger partial charge in [0.05, 0.1) is 14.2 Å². The lowest BCUT2D eigenvalue weighted by atomic mass is 10.1. The molecule has 0 aliphatic carbocycles. The van der Waals surface area contributed by atoms with Crippen molar-refractivity contribution in [2.45, 2.75) is 19.8 Å². The van der Waals surface area contributed by atoms with Crippen molar-refractivity contribution >= 4 is 5.69 Å². The zero-order valence-electron chi connectivity index (χ0n) is 12.7. The monoisotopic (exact) mass is 266 g/mol. The van der Waals surface area contributed by atoms with Gasteiger partial charge in [0.1, 0.15) is 0 Å². The summed E-state index contributed by atoms with van der Waals surface area (Å²) in [6.07, 6.45) is 2.36. The molecule has 19 heavy (non-hydrogen) atoms. The van der Waals surface area contributed by atoms with E-state index in [1.165, 1.54) is 24.1 Å². The first-order valence-electron chi connectivity index (χ1n) is 6.72. The minimum Gasteiger partial charge on any atom is -0.493 e. The Morgan fingerprint density at radius 3 is 2.32 bits per heavy atom. The van der Waals surface area contributed by atoms with Gasteiger partial charge < -0.3 is 19.7 Å². The SMILES string of the molecule is CNCCCCN(C)c1cc(OC)c(OC)cc1C. The average Bonchev–Trinajstić information content (AvgIpc) is 2.42. The molecule has 0 aromatic heterocycles. The Morgan fingerprint density at radius 1 is 1.11 bits per heavy atom. The summed E-state index contributed by atoms with van der Waals surface area (Å²) in [7, 11) is 7.44. The number of nitrogens with one attached hydrogen (secondary N) is 1. The molecule has 108 valence electrons. The highest BCUT2D eigenvalue weighted by molar-refractivity contribution is 5.61. The second kappa shape index (κ2) is 7.89. The summed E-state index contributed by atoms with van der Waals surface area (Å²) in [5.41, 5.74) is 2.40. The lowest BCUT2D eigenvalue weighted by Gasteiger charge is -2.23. The molecule has 4 heteroatoms. The molecule has 1 N–H and O–H groups in total. The van der Waals surface area contributed by atoms with Gasteiger partial charge in [-0.2, -0.15) is 0 Å². The maximum absolute atomic E-state index is 5.36. The van der Waals surface area contributed by atoms with Crippen LogP contribution in [-0.2, 0) is 0 Å². The van der Waals surface area contributed by atoms with Crippen LogP contribution in [0.3, 0.4) is 0 Å². The maximum atomic E-state index is 5.36. The number of nitrogens with zero attached hydrogens (tertiary/aromatic N) is 1. The van der Waals surface area contributed by atoms with E-state index >= 15 is 0 Å². The van der Waals surface area contributed by atoms with Crippen molar-refractivity contribution in [2.75, 3.05) is 46.3 Å². The van der Waals surface area contributed by atoms with Gasteiger partial charge in [0.25, 0.3) is 0 Å². The quantitative estimate of drug-likeness (QED) is 0.733. The predicted molar refractivity (Wildman–Crippen MR) is 80.7 cm³/mol. The van der Waals surface area contributed by atoms with Gasteiger partial charge in [0, 0.05) is 25.3 Å². The molecule has 0 aliphatic rings. The second-order valence-electron chi connectivity index (χ2n) is 4.73. The highest BCUT2D eigenvalue weighted by Gasteiger charge is 2.11. The fourth-order valence-corrected chi connectivity index (χ4v) is 2.15. The number of methoxy groups -OCH3 is 2. The molecule has 0 saturated carbocycles. The van der Waals surface area contributed by atoms with Gasteiger partial charge in [0.15, 0.2) is 11.5 Å². The van der Waals surface area contributed by atoms with E-state index in [4.69, 9.17) is 9.47 Å². The molecule has 0 atom stereocenters. The van der Waals surface area contributed by atoms with E-state index in [2.05, 4.69) is 24.2 Å². The minimum absolute atomic E-state index is 0.783. The third-order valence-corrected chi connectivity index (χ3v) is 3.28. The molecular weight excluding hydrogens is 240 g/mol. The zero-order valence-corrected chi connectivity index (χ0v) is 12.7. The summed E-state index contributed by atoms with van der Waals surface area (Å²) >= 11 is 0. The number of anilines is 1. The van der Waals surface area contributed by atoms with E-state index < -0.39 is 0 Å². The van der Waals surface area contributed by atoms with Crippen molar-refractivity contribution in [1.82, 2.24) is 5.32 Å². The van der Waals surface area contributed by atoms with Crippen molar-refractivity contribution in [2.24, 2.45) is 0 Å². The molecule has 0 amide bonds. The second-order valence-corrected chi connectivity index (χ2v) is 4.73. The Bertz CT molecular complexity index is 394. The third-order valence-electron chi connectivity index (χ3n) is 3.28. The Kier molecular flexibility index (Phi) is 6.50. The lowest BCUT2D eigenvalue weighted by molar-refractivity contribution is 0.354. The molecule has 1 rings (SSSR count). The van der Waals surface area contributed by atoms with E-state index in [9.17, 15) is 0 Å². The Labute approximate surface area is 116 Å². The molecule has 0 saturated heterocycles.